The Labute approximate surface area is 159 Å². The maximum absolute atomic E-state index is 11.8. The number of benzene rings is 1. The van der Waals surface area contributed by atoms with Crippen LogP contribution in [0.15, 0.2) is 18.2 Å². The van der Waals surface area contributed by atoms with Crippen LogP contribution in [0.4, 0.5) is 4.79 Å². The predicted molar refractivity (Wildman–Crippen MR) is 98.1 cm³/mol. The Kier molecular flexibility index (Phi) is 8.58. The number of ether oxygens (including phenoxy) is 4. The van der Waals surface area contributed by atoms with E-state index in [-0.39, 0.29) is 11.1 Å². The molecule has 1 amide bonds. The summed E-state index contributed by atoms with van der Waals surface area (Å²) in [6, 6.07) is 4.48. The van der Waals surface area contributed by atoms with Crippen LogP contribution in [0.25, 0.3) is 0 Å². The first kappa shape index (κ1) is 22.3. The lowest BCUT2D eigenvalue weighted by Crippen LogP contribution is -2.33. The molecule has 150 valence electrons. The molecule has 27 heavy (non-hydrogen) atoms. The monoisotopic (exact) mass is 381 g/mol. The van der Waals surface area contributed by atoms with Gasteiger partial charge in [0.25, 0.3) is 0 Å². The minimum atomic E-state index is -0.651. The van der Waals surface area contributed by atoms with E-state index < -0.39 is 23.6 Å². The molecule has 0 aliphatic carbocycles. The molecule has 1 rings (SSSR count). The highest BCUT2D eigenvalue weighted by atomic mass is 16.6. The number of alkyl carbamates (subject to hydrolysis) is 1. The predicted octanol–water partition coefficient (Wildman–Crippen LogP) is 2.94. The number of hydrogen-bond donors (Lipinski definition) is 1. The fourth-order valence-electron chi connectivity index (χ4n) is 2.10. The van der Waals surface area contributed by atoms with Crippen LogP contribution >= 0.6 is 0 Å². The second-order valence-electron chi connectivity index (χ2n) is 6.67. The molecule has 8 nitrogen and oxygen atoms in total. The summed E-state index contributed by atoms with van der Waals surface area (Å²) >= 11 is 0. The van der Waals surface area contributed by atoms with E-state index in [9.17, 15) is 14.4 Å². The van der Waals surface area contributed by atoms with Gasteiger partial charge in [0.15, 0.2) is 0 Å². The summed E-state index contributed by atoms with van der Waals surface area (Å²) in [5.74, 6) is -0.847. The summed E-state index contributed by atoms with van der Waals surface area (Å²) in [5, 5.41) is 2.67. The molecule has 1 aromatic carbocycles. The summed E-state index contributed by atoms with van der Waals surface area (Å²) in [5.41, 5.74) is -0.340. The third kappa shape index (κ3) is 7.98. The zero-order valence-corrected chi connectivity index (χ0v) is 16.4. The molecular formula is C19H27NO7. The first-order valence-electron chi connectivity index (χ1n) is 8.58. The molecule has 0 atom stereocenters. The normalized spacial score (nSPS) is 10.7. The van der Waals surface area contributed by atoms with E-state index in [2.05, 4.69) is 14.8 Å². The molecule has 0 radical (unpaired) electrons. The number of rotatable bonds is 8. The number of carbonyl (C=O) groups excluding carboxylic acids is 3. The highest BCUT2D eigenvalue weighted by molar-refractivity contribution is 6.03. The Bertz CT molecular complexity index is 665. The first-order chi connectivity index (χ1) is 12.7. The fourth-order valence-corrected chi connectivity index (χ4v) is 2.10. The molecular weight excluding hydrogens is 354 g/mol. The topological polar surface area (TPSA) is 100 Å². The number of unbranched alkanes of at least 4 members (excludes halogenated alkanes) is 1. The van der Waals surface area contributed by atoms with Gasteiger partial charge in [-0.15, -0.1) is 0 Å². The van der Waals surface area contributed by atoms with Gasteiger partial charge < -0.3 is 24.3 Å². The van der Waals surface area contributed by atoms with Gasteiger partial charge >= 0.3 is 18.0 Å². The largest absolute Gasteiger partial charge is 0.494 e. The van der Waals surface area contributed by atoms with E-state index in [0.717, 1.165) is 0 Å². The Morgan fingerprint density at radius 1 is 0.963 bits per heavy atom. The zero-order valence-electron chi connectivity index (χ0n) is 16.4. The van der Waals surface area contributed by atoms with Crippen LogP contribution in [0.5, 0.6) is 5.75 Å². The van der Waals surface area contributed by atoms with Gasteiger partial charge in [-0.25, -0.2) is 14.4 Å². The van der Waals surface area contributed by atoms with Gasteiger partial charge in [0.2, 0.25) is 0 Å². The number of esters is 2. The van der Waals surface area contributed by atoms with Crippen LogP contribution in [0.2, 0.25) is 0 Å². The summed E-state index contributed by atoms with van der Waals surface area (Å²) in [4.78, 5) is 35.1. The van der Waals surface area contributed by atoms with Crippen molar-refractivity contribution in [3.8, 4) is 5.75 Å². The van der Waals surface area contributed by atoms with Gasteiger partial charge in [0.05, 0.1) is 32.0 Å². The molecule has 0 aliphatic rings. The van der Waals surface area contributed by atoms with Gasteiger partial charge in [-0.1, -0.05) is 0 Å². The summed E-state index contributed by atoms with van der Waals surface area (Å²) in [7, 11) is 2.47. The van der Waals surface area contributed by atoms with Crippen molar-refractivity contribution in [1.29, 1.82) is 0 Å². The SMILES string of the molecule is COC(=O)c1ccc(OCCCCNC(=O)OC(C)(C)C)cc1C(=O)OC. The Balaban J connectivity index is 2.48. The molecule has 8 heteroatoms. The van der Waals surface area contributed by atoms with E-state index in [0.29, 0.717) is 31.7 Å². The van der Waals surface area contributed by atoms with Gasteiger partial charge in [0.1, 0.15) is 11.4 Å². The minimum Gasteiger partial charge on any atom is -0.494 e. The molecule has 0 fully saturated rings. The van der Waals surface area contributed by atoms with Crippen LogP contribution in [0.3, 0.4) is 0 Å². The van der Waals surface area contributed by atoms with Crippen LogP contribution in [0, 0.1) is 0 Å². The van der Waals surface area contributed by atoms with Gasteiger partial charge in [-0.3, -0.25) is 0 Å². The van der Waals surface area contributed by atoms with Gasteiger partial charge in [-0.2, -0.15) is 0 Å². The van der Waals surface area contributed by atoms with Crippen molar-refractivity contribution in [2.24, 2.45) is 0 Å². The molecule has 1 N–H and O–H groups in total. The number of methoxy groups -OCH3 is 2. The Morgan fingerprint density at radius 2 is 1.59 bits per heavy atom. The Hall–Kier alpha value is -2.77. The second kappa shape index (κ2) is 10.4. The maximum Gasteiger partial charge on any atom is 0.407 e. The average Bonchev–Trinajstić information content (AvgIpc) is 2.61. The van der Waals surface area contributed by atoms with E-state index >= 15 is 0 Å². The highest BCUT2D eigenvalue weighted by Gasteiger charge is 2.19. The number of hydrogen-bond acceptors (Lipinski definition) is 7. The van der Waals surface area contributed by atoms with Gasteiger partial charge in [-0.05, 0) is 51.8 Å². The van der Waals surface area contributed by atoms with Crippen LogP contribution in [-0.2, 0) is 14.2 Å². The number of amides is 1. The first-order valence-corrected chi connectivity index (χ1v) is 8.58. The van der Waals surface area contributed by atoms with Crippen LogP contribution in [-0.4, -0.2) is 51.0 Å². The van der Waals surface area contributed by atoms with E-state index in [4.69, 9.17) is 9.47 Å². The molecule has 0 spiro atoms. The van der Waals surface area contributed by atoms with Crippen molar-refractivity contribution in [3.05, 3.63) is 29.3 Å². The lowest BCUT2D eigenvalue weighted by atomic mass is 10.1. The summed E-state index contributed by atoms with van der Waals surface area (Å²) < 4.78 is 20.1. The Morgan fingerprint density at radius 3 is 2.19 bits per heavy atom. The van der Waals surface area contributed by atoms with Crippen molar-refractivity contribution >= 4 is 18.0 Å². The zero-order chi connectivity index (χ0) is 20.4. The van der Waals surface area contributed by atoms with Crippen molar-refractivity contribution in [1.82, 2.24) is 5.32 Å². The quantitative estimate of drug-likeness (QED) is 0.420. The highest BCUT2D eigenvalue weighted by Crippen LogP contribution is 2.20. The van der Waals surface area contributed by atoms with Crippen LogP contribution in [0.1, 0.15) is 54.3 Å². The van der Waals surface area contributed by atoms with E-state index in [1.165, 1.54) is 26.4 Å². The smallest absolute Gasteiger partial charge is 0.407 e. The molecule has 0 bridgehead atoms. The van der Waals surface area contributed by atoms with Crippen molar-refractivity contribution < 1.29 is 33.3 Å². The molecule has 1 aromatic rings. The lowest BCUT2D eigenvalue weighted by Gasteiger charge is -2.19. The second-order valence-corrected chi connectivity index (χ2v) is 6.67. The third-order valence-corrected chi connectivity index (χ3v) is 3.31. The van der Waals surface area contributed by atoms with E-state index in [1.54, 1.807) is 26.8 Å². The number of carbonyl (C=O) groups is 3. The van der Waals surface area contributed by atoms with Gasteiger partial charge in [0, 0.05) is 6.54 Å². The third-order valence-electron chi connectivity index (χ3n) is 3.31. The maximum atomic E-state index is 11.8. The van der Waals surface area contributed by atoms with Crippen molar-refractivity contribution in [2.45, 2.75) is 39.2 Å². The lowest BCUT2D eigenvalue weighted by molar-refractivity contribution is 0.0524. The summed E-state index contributed by atoms with van der Waals surface area (Å²) in [6.07, 6.45) is 0.926. The molecule has 0 unspecified atom stereocenters. The van der Waals surface area contributed by atoms with Crippen molar-refractivity contribution in [3.63, 3.8) is 0 Å². The van der Waals surface area contributed by atoms with Crippen molar-refractivity contribution in [2.75, 3.05) is 27.4 Å². The standard InChI is InChI=1S/C19H27NO7/c1-19(2,3)27-18(23)20-10-6-7-11-26-13-8-9-14(16(21)24-4)15(12-13)17(22)25-5/h8-9,12H,6-7,10-11H2,1-5H3,(H,20,23). The van der Waals surface area contributed by atoms with E-state index in [1.807, 2.05) is 0 Å². The molecule has 0 saturated heterocycles. The summed E-state index contributed by atoms with van der Waals surface area (Å²) in [6.45, 7) is 6.25. The molecule has 0 saturated carbocycles. The minimum absolute atomic E-state index is 0.0773. The molecule has 0 aliphatic heterocycles. The number of nitrogens with one attached hydrogen (secondary N) is 1. The average molecular weight is 381 g/mol. The molecule has 0 heterocycles. The van der Waals surface area contributed by atoms with Crippen LogP contribution < -0.4 is 10.1 Å². The fraction of sp³-hybridized carbons (Fsp3) is 0.526. The molecule has 0 aromatic heterocycles.